The quantitative estimate of drug-likeness (QED) is 0.718. The van der Waals surface area contributed by atoms with Crippen LogP contribution in [0, 0.1) is 34.0 Å². The van der Waals surface area contributed by atoms with Crippen molar-refractivity contribution in [1.29, 1.82) is 0 Å². The van der Waals surface area contributed by atoms with Crippen LogP contribution < -0.4 is 4.89 Å². The van der Waals surface area contributed by atoms with Crippen LogP contribution in [-0.4, -0.2) is 23.3 Å². The van der Waals surface area contributed by atoms with E-state index >= 15 is 0 Å². The molecule has 1 aliphatic heterocycles. The Hall–Kier alpha value is 0.460. The highest BCUT2D eigenvalue weighted by Crippen LogP contribution is 2.56. The topological polar surface area (TPSA) is 69.6 Å². The summed E-state index contributed by atoms with van der Waals surface area (Å²) in [5.41, 5.74) is 0.000231. The molecule has 0 bridgehead atoms. The Bertz CT molecular complexity index is 481. The van der Waals surface area contributed by atoms with Gasteiger partial charge in [-0.25, -0.2) is 0 Å². The van der Waals surface area contributed by atoms with E-state index in [2.05, 4.69) is 62.3 Å². The third-order valence-electron chi connectivity index (χ3n) is 5.30. The van der Waals surface area contributed by atoms with Gasteiger partial charge in [-0.2, -0.15) is 13.5 Å². The van der Waals surface area contributed by atoms with Crippen LogP contribution in [0.15, 0.2) is 0 Å². The van der Waals surface area contributed by atoms with Gasteiger partial charge in [0.2, 0.25) is 0 Å². The molecule has 6 heteroatoms. The number of ether oxygens (including phenoxy) is 1. The van der Waals surface area contributed by atoms with Crippen LogP contribution >= 0.6 is 21.1 Å². The van der Waals surface area contributed by atoms with Gasteiger partial charge in [-0.05, 0) is 34.0 Å². The lowest BCUT2D eigenvalue weighted by molar-refractivity contribution is -0.194. The Morgan fingerprint density at radius 1 is 0.960 bits per heavy atom. The van der Waals surface area contributed by atoms with Crippen molar-refractivity contribution in [2.75, 3.05) is 6.16 Å². The lowest BCUT2D eigenvalue weighted by Crippen LogP contribution is -2.44. The lowest BCUT2D eigenvalue weighted by atomic mass is 9.58. The van der Waals surface area contributed by atoms with Gasteiger partial charge in [-0.3, -0.25) is 0 Å². The lowest BCUT2D eigenvalue weighted by Gasteiger charge is -2.45. The van der Waals surface area contributed by atoms with Gasteiger partial charge < -0.3 is 19.1 Å². The minimum Gasteiger partial charge on any atom is -0.779 e. The molecule has 0 saturated carbocycles. The standard InChI is InChI=1S/C19H39O4P.H2S/c1-12(11-24(20,21)22)15-13(17(2,3)4)14(18(5,6)7)16(23-15)19(8,9)10;/h12-16H,11H2,1-10H3,(H2,20,21,22);1H2/p-1/t12-,13?,14+,15-,16-;/m1./s1. The first-order valence-corrected chi connectivity index (χ1v) is 10.8. The molecule has 1 N–H and O–H groups in total. The molecule has 1 heterocycles. The fourth-order valence-electron chi connectivity index (χ4n) is 4.45. The number of hydrogen-bond donors (Lipinski definition) is 1. The summed E-state index contributed by atoms with van der Waals surface area (Å²) in [5, 5.41) is 0. The van der Waals surface area contributed by atoms with E-state index < -0.39 is 7.60 Å². The van der Waals surface area contributed by atoms with Crippen molar-refractivity contribution in [3.8, 4) is 0 Å². The van der Waals surface area contributed by atoms with Crippen molar-refractivity contribution >= 4 is 21.1 Å². The molecular weight excluding hydrogens is 355 g/mol. The molecule has 25 heavy (non-hydrogen) atoms. The molecular formula is C19H40O4PS-. The van der Waals surface area contributed by atoms with Gasteiger partial charge in [0.1, 0.15) is 7.60 Å². The highest BCUT2D eigenvalue weighted by Gasteiger charge is 2.57. The van der Waals surface area contributed by atoms with E-state index in [-0.39, 0.29) is 59.9 Å². The normalized spacial score (nSPS) is 32.0. The Balaban J connectivity index is 0.00000576. The fourth-order valence-corrected chi connectivity index (χ4v) is 5.39. The van der Waals surface area contributed by atoms with E-state index in [1.807, 2.05) is 6.92 Å². The van der Waals surface area contributed by atoms with Crippen molar-refractivity contribution in [2.45, 2.75) is 81.4 Å². The van der Waals surface area contributed by atoms with E-state index in [1.54, 1.807) is 0 Å². The molecule has 4 nitrogen and oxygen atoms in total. The highest BCUT2D eigenvalue weighted by molar-refractivity contribution is 7.59. The summed E-state index contributed by atoms with van der Waals surface area (Å²) < 4.78 is 18.0. The van der Waals surface area contributed by atoms with Gasteiger partial charge in [0.05, 0.1) is 12.2 Å². The molecule has 0 aromatic rings. The van der Waals surface area contributed by atoms with Gasteiger partial charge in [-0.1, -0.05) is 69.2 Å². The van der Waals surface area contributed by atoms with Crippen LogP contribution in [0.2, 0.25) is 0 Å². The molecule has 0 aliphatic carbocycles. The molecule has 1 fully saturated rings. The molecule has 1 rings (SSSR count). The summed E-state index contributed by atoms with van der Waals surface area (Å²) >= 11 is 0. The van der Waals surface area contributed by atoms with Gasteiger partial charge in [0.15, 0.2) is 0 Å². The Morgan fingerprint density at radius 2 is 1.36 bits per heavy atom. The smallest absolute Gasteiger partial charge is 0.132 e. The van der Waals surface area contributed by atoms with Crippen molar-refractivity contribution in [3.63, 3.8) is 0 Å². The molecule has 1 aliphatic rings. The predicted molar refractivity (Wildman–Crippen MR) is 108 cm³/mol. The third-order valence-corrected chi connectivity index (χ3v) is 6.34. The summed E-state index contributed by atoms with van der Waals surface area (Å²) in [4.78, 5) is 20.8. The zero-order chi connectivity index (χ0) is 19.3. The Morgan fingerprint density at radius 3 is 1.64 bits per heavy atom. The van der Waals surface area contributed by atoms with Crippen molar-refractivity contribution in [1.82, 2.24) is 0 Å². The summed E-state index contributed by atoms with van der Waals surface area (Å²) in [6, 6.07) is 0. The largest absolute Gasteiger partial charge is 0.779 e. The first-order chi connectivity index (χ1) is 10.4. The van der Waals surface area contributed by atoms with E-state index in [1.165, 1.54) is 0 Å². The molecule has 2 unspecified atom stereocenters. The maximum Gasteiger partial charge on any atom is 0.132 e. The molecule has 0 amide bonds. The van der Waals surface area contributed by atoms with Gasteiger partial charge in [0, 0.05) is 6.16 Å². The first-order valence-electron chi connectivity index (χ1n) is 9.04. The number of rotatable bonds is 3. The second-order valence-corrected chi connectivity index (χ2v) is 12.6. The zero-order valence-corrected chi connectivity index (χ0v) is 19.6. The molecule has 6 atom stereocenters. The van der Waals surface area contributed by atoms with E-state index in [0.29, 0.717) is 5.92 Å². The van der Waals surface area contributed by atoms with Crippen molar-refractivity contribution in [2.24, 2.45) is 34.0 Å². The second-order valence-electron chi connectivity index (χ2n) is 11.0. The fraction of sp³-hybridized carbons (Fsp3) is 1.00. The monoisotopic (exact) mass is 395 g/mol. The first kappa shape index (κ1) is 25.5. The maximum atomic E-state index is 11.4. The molecule has 152 valence electrons. The summed E-state index contributed by atoms with van der Waals surface area (Å²) in [5.74, 6) is 0.303. The van der Waals surface area contributed by atoms with E-state index in [0.717, 1.165) is 0 Å². The van der Waals surface area contributed by atoms with Gasteiger partial charge in [0.25, 0.3) is 0 Å². The summed E-state index contributed by atoms with van der Waals surface area (Å²) in [6.45, 7) is 21.8. The van der Waals surface area contributed by atoms with Crippen LogP contribution in [0.3, 0.4) is 0 Å². The van der Waals surface area contributed by atoms with Gasteiger partial charge in [-0.15, -0.1) is 0 Å². The zero-order valence-electron chi connectivity index (χ0n) is 17.7. The van der Waals surface area contributed by atoms with Crippen LogP contribution in [0.1, 0.15) is 69.2 Å². The van der Waals surface area contributed by atoms with Crippen LogP contribution in [0.25, 0.3) is 0 Å². The summed E-state index contributed by atoms with van der Waals surface area (Å²) in [6.07, 6.45) is -0.343. The SMILES string of the molecule is C[C@H](CP(=O)([O-])O)[C@H]1O[C@@H](C(C)(C)C)[C@@H](C(C)(C)C)C1C(C)(C)C.S. The molecule has 0 radical (unpaired) electrons. The summed E-state index contributed by atoms with van der Waals surface area (Å²) in [7, 11) is -4.30. The Kier molecular flexibility index (Phi) is 7.98. The van der Waals surface area contributed by atoms with Crippen molar-refractivity contribution < 1.29 is 19.1 Å². The molecule has 0 spiro atoms. The Labute approximate surface area is 162 Å². The van der Waals surface area contributed by atoms with E-state index in [4.69, 9.17) is 4.74 Å². The molecule has 0 aromatic carbocycles. The average molecular weight is 396 g/mol. The minimum absolute atomic E-state index is 0. The maximum absolute atomic E-state index is 11.4. The van der Waals surface area contributed by atoms with Crippen LogP contribution in [0.5, 0.6) is 0 Å². The highest BCUT2D eigenvalue weighted by atomic mass is 32.1. The van der Waals surface area contributed by atoms with Gasteiger partial charge >= 0.3 is 0 Å². The second kappa shape index (κ2) is 7.83. The third kappa shape index (κ3) is 6.53. The molecule has 0 aromatic heterocycles. The van der Waals surface area contributed by atoms with Crippen LogP contribution in [0.4, 0.5) is 0 Å². The minimum atomic E-state index is -4.30. The average Bonchev–Trinajstić information content (AvgIpc) is 2.64. The number of hydrogen-bond acceptors (Lipinski definition) is 3. The van der Waals surface area contributed by atoms with E-state index in [9.17, 15) is 14.4 Å². The predicted octanol–water partition coefficient (Wildman–Crippen LogP) is 4.42. The van der Waals surface area contributed by atoms with Crippen LogP contribution in [-0.2, 0) is 9.30 Å². The van der Waals surface area contributed by atoms with Crippen molar-refractivity contribution in [3.05, 3.63) is 0 Å². The molecule has 1 saturated heterocycles.